The Morgan fingerprint density at radius 3 is 1.20 bits per heavy atom. The zero-order valence-corrected chi connectivity index (χ0v) is 31.8. The average molecular weight is 685 g/mol. The van der Waals surface area contributed by atoms with E-state index in [0.29, 0.717) is 22.6 Å². The lowest BCUT2D eigenvalue weighted by molar-refractivity contribution is -0.00272. The Balaban J connectivity index is 1.57. The highest BCUT2D eigenvalue weighted by atomic mass is 19.1. The SMILES string of the molecule is CC(C)(C)C1=C[C@]23Cc4cc(C(C)(C)C)cc(c4O2)[C@@H](F)C2=CC(C(C)(C)C)=C[C@]4(Cc5cc(C(C)(C)C)cc(c5O4)[C@H](F)C(=C1)[C@H]3O)[C@H]2O. The Bertz CT molecular complexity index is 1780. The van der Waals surface area contributed by atoms with Crippen LogP contribution in [0.3, 0.4) is 0 Å². The maximum absolute atomic E-state index is 17.8. The number of ether oxygens (including phenoxy) is 2. The van der Waals surface area contributed by atoms with Crippen molar-refractivity contribution in [2.75, 3.05) is 0 Å². The van der Waals surface area contributed by atoms with E-state index in [1.807, 2.05) is 36.4 Å². The van der Waals surface area contributed by atoms with Gasteiger partial charge in [-0.25, -0.2) is 8.78 Å². The summed E-state index contributed by atoms with van der Waals surface area (Å²) in [5.41, 5.74) is 1.80. The third-order valence-corrected chi connectivity index (χ3v) is 11.5. The molecular weight excluding hydrogens is 630 g/mol. The van der Waals surface area contributed by atoms with Crippen molar-refractivity contribution in [1.82, 2.24) is 0 Å². The molecule has 268 valence electrons. The van der Waals surface area contributed by atoms with Crippen molar-refractivity contribution in [1.29, 1.82) is 0 Å². The predicted octanol–water partition coefficient (Wildman–Crippen LogP) is 9.91. The number of aliphatic hydroxyl groups excluding tert-OH is 2. The first-order valence-corrected chi connectivity index (χ1v) is 18.1. The molecule has 2 spiro atoms. The summed E-state index contributed by atoms with van der Waals surface area (Å²) in [4.78, 5) is 0. The first-order chi connectivity index (χ1) is 22.8. The van der Waals surface area contributed by atoms with Gasteiger partial charge in [0.15, 0.2) is 23.5 Å². The first kappa shape index (κ1) is 35.2. The van der Waals surface area contributed by atoms with E-state index in [1.165, 1.54) is 0 Å². The molecule has 2 aliphatic carbocycles. The van der Waals surface area contributed by atoms with Crippen LogP contribution in [-0.2, 0) is 23.7 Å². The van der Waals surface area contributed by atoms with Crippen LogP contribution in [0.25, 0.3) is 0 Å². The van der Waals surface area contributed by atoms with Crippen LogP contribution in [0.5, 0.6) is 11.5 Å². The fourth-order valence-electron chi connectivity index (χ4n) is 8.19. The van der Waals surface area contributed by atoms with E-state index in [2.05, 4.69) is 83.1 Å². The predicted molar refractivity (Wildman–Crippen MR) is 195 cm³/mol. The standard InChI is InChI=1S/C44H54F2O4/c1-39(2,3)25-13-23-19-43-21-28(42(10,11)12)18-32(38(43)48)34(46)30-16-26(40(4,5)6)14-24-20-44(50-36(24)30)22-27(41(7,8)9)17-31(37(44)47)33(45)29(15-25)35(23)49-43/h13-18,21-22,33-34,37-38,47-48H,19-20H2,1-12H3/t33-,34+,37+,38-,43+,44-. The zero-order valence-electron chi connectivity index (χ0n) is 31.8. The number of allylic oxidation sites excluding steroid dienone is 4. The molecular formula is C44H54F2O4. The van der Waals surface area contributed by atoms with Gasteiger partial charge in [-0.1, -0.05) is 107 Å². The van der Waals surface area contributed by atoms with Crippen molar-refractivity contribution in [3.8, 4) is 11.5 Å². The van der Waals surface area contributed by atoms with Crippen LogP contribution in [0, 0.1) is 10.8 Å². The van der Waals surface area contributed by atoms with Crippen molar-refractivity contribution in [3.05, 3.63) is 104 Å². The molecule has 6 bridgehead atoms. The monoisotopic (exact) mass is 684 g/mol. The molecule has 0 saturated heterocycles. The van der Waals surface area contributed by atoms with Crippen LogP contribution in [0.4, 0.5) is 8.78 Å². The topological polar surface area (TPSA) is 58.9 Å². The number of benzene rings is 2. The van der Waals surface area contributed by atoms with Gasteiger partial charge in [-0.15, -0.1) is 0 Å². The molecule has 2 N–H and O–H groups in total. The number of fused-ring (bicyclic) bond motifs is 2. The van der Waals surface area contributed by atoms with Crippen molar-refractivity contribution in [2.24, 2.45) is 10.8 Å². The Labute approximate surface area is 297 Å². The lowest BCUT2D eigenvalue weighted by atomic mass is 9.71. The van der Waals surface area contributed by atoms with Crippen LogP contribution in [0.2, 0.25) is 0 Å². The van der Waals surface area contributed by atoms with Gasteiger partial charge in [-0.05, 0) is 79.3 Å². The normalized spacial score (nSPS) is 30.4. The Hall–Kier alpha value is -3.22. The minimum atomic E-state index is -1.74. The summed E-state index contributed by atoms with van der Waals surface area (Å²) in [5, 5.41) is 24.7. The van der Waals surface area contributed by atoms with Crippen LogP contribution in [-0.4, -0.2) is 33.6 Å². The summed E-state index contributed by atoms with van der Waals surface area (Å²) in [5.74, 6) is 0.695. The summed E-state index contributed by atoms with van der Waals surface area (Å²) in [6.45, 7) is 24.9. The lowest BCUT2D eigenvalue weighted by Gasteiger charge is -2.41. The lowest BCUT2D eigenvalue weighted by Crippen LogP contribution is -2.50. The number of hydrogen-bond acceptors (Lipinski definition) is 4. The molecule has 0 radical (unpaired) electrons. The Morgan fingerprint density at radius 2 is 0.900 bits per heavy atom. The minimum Gasteiger partial charge on any atom is -0.479 e. The molecule has 0 unspecified atom stereocenters. The smallest absolute Gasteiger partial charge is 0.161 e. The van der Waals surface area contributed by atoms with Crippen LogP contribution in [0.15, 0.2) is 70.9 Å². The van der Waals surface area contributed by atoms with Gasteiger partial charge >= 0.3 is 0 Å². The van der Waals surface area contributed by atoms with Gasteiger partial charge in [-0.3, -0.25) is 0 Å². The Morgan fingerprint density at radius 1 is 0.560 bits per heavy atom. The van der Waals surface area contributed by atoms with Crippen molar-refractivity contribution >= 4 is 0 Å². The summed E-state index contributed by atoms with van der Waals surface area (Å²) in [6, 6.07) is 7.78. The average Bonchev–Trinajstić information content (AvgIpc) is 3.54. The van der Waals surface area contributed by atoms with E-state index < -0.39 is 46.6 Å². The second-order valence-electron chi connectivity index (χ2n) is 19.6. The third kappa shape index (κ3) is 5.34. The molecule has 6 heteroatoms. The molecule has 2 aromatic rings. The Kier molecular flexibility index (Phi) is 7.51. The van der Waals surface area contributed by atoms with E-state index in [0.717, 1.165) is 33.4 Å². The number of hydrogen-bond donors (Lipinski definition) is 2. The van der Waals surface area contributed by atoms with Gasteiger partial charge in [-0.2, -0.15) is 0 Å². The number of rotatable bonds is 0. The van der Waals surface area contributed by atoms with E-state index in [1.54, 1.807) is 12.2 Å². The largest absolute Gasteiger partial charge is 0.479 e. The molecule has 5 aliphatic rings. The molecule has 0 amide bonds. The van der Waals surface area contributed by atoms with Crippen LogP contribution in [0.1, 0.15) is 129 Å². The maximum Gasteiger partial charge on any atom is 0.161 e. The van der Waals surface area contributed by atoms with E-state index >= 15 is 8.78 Å². The van der Waals surface area contributed by atoms with Gasteiger partial charge in [0.1, 0.15) is 23.7 Å². The summed E-state index contributed by atoms with van der Waals surface area (Å²) in [6.07, 6.45) is 1.72. The molecule has 0 fully saturated rings. The fraction of sp³-hybridized carbons (Fsp3) is 0.545. The third-order valence-electron chi connectivity index (χ3n) is 11.5. The van der Waals surface area contributed by atoms with Gasteiger partial charge in [0.05, 0.1) is 0 Å². The molecule has 2 aromatic carbocycles. The molecule has 4 nitrogen and oxygen atoms in total. The number of halogens is 2. The van der Waals surface area contributed by atoms with Gasteiger partial charge in [0, 0.05) is 35.1 Å². The molecule has 7 rings (SSSR count). The molecule has 3 aliphatic heterocycles. The van der Waals surface area contributed by atoms with Gasteiger partial charge < -0.3 is 19.7 Å². The minimum absolute atomic E-state index is 0.185. The van der Waals surface area contributed by atoms with E-state index in [4.69, 9.17) is 9.47 Å². The second-order valence-corrected chi connectivity index (χ2v) is 19.6. The quantitative estimate of drug-likeness (QED) is 0.290. The molecule has 3 heterocycles. The second kappa shape index (κ2) is 10.7. The van der Waals surface area contributed by atoms with Crippen molar-refractivity contribution in [2.45, 2.75) is 143 Å². The van der Waals surface area contributed by atoms with Crippen molar-refractivity contribution in [3.63, 3.8) is 0 Å². The van der Waals surface area contributed by atoms with Crippen molar-refractivity contribution < 1.29 is 28.5 Å². The molecule has 50 heavy (non-hydrogen) atoms. The van der Waals surface area contributed by atoms with Crippen LogP contribution < -0.4 is 9.47 Å². The molecule has 0 aromatic heterocycles. The highest BCUT2D eigenvalue weighted by Gasteiger charge is 2.55. The fourth-order valence-corrected chi connectivity index (χ4v) is 8.19. The number of alkyl halides is 2. The van der Waals surface area contributed by atoms with Crippen LogP contribution >= 0.6 is 0 Å². The van der Waals surface area contributed by atoms with E-state index in [-0.39, 0.29) is 34.8 Å². The molecule has 0 saturated carbocycles. The van der Waals surface area contributed by atoms with Gasteiger partial charge in [0.2, 0.25) is 0 Å². The zero-order chi connectivity index (χ0) is 36.7. The maximum atomic E-state index is 17.8. The highest BCUT2D eigenvalue weighted by Crippen LogP contribution is 2.57. The number of aliphatic hydroxyl groups is 2. The molecule has 6 atom stereocenters. The first-order valence-electron chi connectivity index (χ1n) is 18.1. The summed E-state index contributed by atoms with van der Waals surface area (Å²) < 4.78 is 49.3. The van der Waals surface area contributed by atoms with E-state index in [9.17, 15) is 10.2 Å². The van der Waals surface area contributed by atoms with Gasteiger partial charge in [0.25, 0.3) is 0 Å². The summed E-state index contributed by atoms with van der Waals surface area (Å²) >= 11 is 0. The summed E-state index contributed by atoms with van der Waals surface area (Å²) in [7, 11) is 0. The highest BCUT2D eigenvalue weighted by molar-refractivity contribution is 5.61.